The van der Waals surface area contributed by atoms with Gasteiger partial charge in [0.2, 0.25) is 5.95 Å². The minimum atomic E-state index is 0.648. The van der Waals surface area contributed by atoms with Gasteiger partial charge in [-0.3, -0.25) is 4.57 Å². The van der Waals surface area contributed by atoms with E-state index < -0.39 is 0 Å². The van der Waals surface area contributed by atoms with Gasteiger partial charge in [-0.1, -0.05) is 103 Å². The van der Waals surface area contributed by atoms with Crippen LogP contribution in [0.3, 0.4) is 0 Å². The Morgan fingerprint density at radius 3 is 2.09 bits per heavy atom. The molecule has 44 heavy (non-hydrogen) atoms. The maximum absolute atomic E-state index is 6.48. The molecular weight excluding hydrogens is 538 g/mol. The van der Waals surface area contributed by atoms with E-state index in [4.69, 9.17) is 14.4 Å². The normalized spacial score (nSPS) is 12.1. The largest absolute Gasteiger partial charge is 0.455 e. The summed E-state index contributed by atoms with van der Waals surface area (Å²) >= 11 is 0. The molecule has 0 aliphatic heterocycles. The lowest BCUT2D eigenvalue weighted by atomic mass is 10.0. The van der Waals surface area contributed by atoms with E-state index in [-0.39, 0.29) is 0 Å². The quantitative estimate of drug-likeness (QED) is 0.197. The molecule has 0 saturated heterocycles. The van der Waals surface area contributed by atoms with E-state index in [1.165, 1.54) is 0 Å². The molecule has 0 fully saturated rings. The summed E-state index contributed by atoms with van der Waals surface area (Å²) in [6.45, 7) is 0. The fraction of sp³-hybridized carbons (Fsp3) is 0. The number of nitrogens with zero attached hydrogens (tertiary/aromatic N) is 3. The predicted octanol–water partition coefficient (Wildman–Crippen LogP) is 10.6. The number of hydrogen-bond donors (Lipinski definition) is 0. The lowest BCUT2D eigenvalue weighted by Crippen LogP contribution is -2.03. The monoisotopic (exact) mass is 561 g/mol. The summed E-state index contributed by atoms with van der Waals surface area (Å²) < 4.78 is 8.70. The van der Waals surface area contributed by atoms with Crippen LogP contribution in [0.1, 0.15) is 0 Å². The zero-order chi connectivity index (χ0) is 28.8. The maximum atomic E-state index is 6.48. The van der Waals surface area contributed by atoms with Crippen LogP contribution in [0, 0.1) is 0 Å². The molecule has 0 saturated carbocycles. The molecule has 10 rings (SSSR count). The molecular formula is C40H23N3O. The molecule has 7 aromatic carbocycles. The Kier molecular flexibility index (Phi) is 4.69. The Bertz CT molecular complexity index is 2770. The summed E-state index contributed by atoms with van der Waals surface area (Å²) in [6.07, 6.45) is 0. The summed E-state index contributed by atoms with van der Waals surface area (Å²) in [5.74, 6) is 0.648. The average Bonchev–Trinajstić information content (AvgIpc) is 3.63. The van der Waals surface area contributed by atoms with Crippen molar-refractivity contribution < 1.29 is 4.42 Å². The molecule has 204 valence electrons. The highest BCUT2D eigenvalue weighted by Crippen LogP contribution is 2.40. The summed E-state index contributed by atoms with van der Waals surface area (Å²) in [7, 11) is 0. The highest BCUT2D eigenvalue weighted by Gasteiger charge is 2.20. The second kappa shape index (κ2) is 8.76. The third kappa shape index (κ3) is 3.22. The summed E-state index contributed by atoms with van der Waals surface area (Å²) in [5.41, 5.74) is 6.83. The van der Waals surface area contributed by atoms with Crippen molar-refractivity contribution in [1.29, 1.82) is 0 Å². The van der Waals surface area contributed by atoms with Crippen LogP contribution in [0.5, 0.6) is 0 Å². The van der Waals surface area contributed by atoms with Crippen molar-refractivity contribution in [3.8, 4) is 17.2 Å². The Morgan fingerprint density at radius 1 is 0.455 bits per heavy atom. The average molecular weight is 562 g/mol. The van der Waals surface area contributed by atoms with Gasteiger partial charge >= 0.3 is 0 Å². The lowest BCUT2D eigenvalue weighted by Gasteiger charge is -2.13. The van der Waals surface area contributed by atoms with Crippen molar-refractivity contribution in [3.05, 3.63) is 140 Å². The number of aromatic nitrogens is 3. The Labute approximate surface area is 251 Å². The molecule has 3 aromatic heterocycles. The van der Waals surface area contributed by atoms with Gasteiger partial charge in [0.1, 0.15) is 11.2 Å². The lowest BCUT2D eigenvalue weighted by molar-refractivity contribution is 0.672. The summed E-state index contributed by atoms with van der Waals surface area (Å²) in [4.78, 5) is 10.7. The first-order chi connectivity index (χ1) is 21.8. The third-order valence-electron chi connectivity index (χ3n) is 8.98. The molecule has 0 atom stereocenters. The summed E-state index contributed by atoms with van der Waals surface area (Å²) in [5, 5.41) is 10.1. The number of fused-ring (bicyclic) bond motifs is 11. The van der Waals surface area contributed by atoms with Gasteiger partial charge in [0, 0.05) is 43.3 Å². The van der Waals surface area contributed by atoms with Crippen molar-refractivity contribution in [2.24, 2.45) is 0 Å². The van der Waals surface area contributed by atoms with Gasteiger partial charge in [-0.15, -0.1) is 0 Å². The van der Waals surface area contributed by atoms with E-state index in [2.05, 4.69) is 126 Å². The van der Waals surface area contributed by atoms with Crippen LogP contribution in [-0.2, 0) is 0 Å². The Hall–Kier alpha value is -6.00. The molecule has 0 spiro atoms. The molecule has 0 aliphatic carbocycles. The van der Waals surface area contributed by atoms with Gasteiger partial charge in [0.25, 0.3) is 0 Å². The molecule has 0 aliphatic rings. The highest BCUT2D eigenvalue weighted by molar-refractivity contribution is 6.20. The minimum absolute atomic E-state index is 0.648. The SMILES string of the molecule is c1ccc(-c2nc(-n3c4ccccc4c4cc5ccc6c7ccccc7oc6c5cc43)nc3c2ccc2ccccc23)cc1. The number of rotatable bonds is 2. The molecule has 10 aromatic rings. The molecule has 0 N–H and O–H groups in total. The van der Waals surface area contributed by atoms with E-state index in [1.54, 1.807) is 0 Å². The third-order valence-corrected chi connectivity index (χ3v) is 8.98. The predicted molar refractivity (Wildman–Crippen MR) is 182 cm³/mol. The zero-order valence-electron chi connectivity index (χ0n) is 23.5. The zero-order valence-corrected chi connectivity index (χ0v) is 23.5. The van der Waals surface area contributed by atoms with E-state index in [1.807, 2.05) is 18.2 Å². The second-order valence-corrected chi connectivity index (χ2v) is 11.4. The van der Waals surface area contributed by atoms with Crippen molar-refractivity contribution >= 4 is 76.2 Å². The highest BCUT2D eigenvalue weighted by atomic mass is 16.3. The van der Waals surface area contributed by atoms with E-state index in [9.17, 15) is 0 Å². The first-order valence-electron chi connectivity index (χ1n) is 14.8. The van der Waals surface area contributed by atoms with Crippen LogP contribution >= 0.6 is 0 Å². The smallest absolute Gasteiger partial charge is 0.235 e. The molecule has 4 nitrogen and oxygen atoms in total. The van der Waals surface area contributed by atoms with E-state index in [0.29, 0.717) is 5.95 Å². The van der Waals surface area contributed by atoms with Crippen LogP contribution in [0.15, 0.2) is 144 Å². The molecule has 0 bridgehead atoms. The van der Waals surface area contributed by atoms with Crippen molar-refractivity contribution in [2.45, 2.75) is 0 Å². The van der Waals surface area contributed by atoms with Crippen LogP contribution in [0.4, 0.5) is 0 Å². The molecule has 0 unspecified atom stereocenters. The van der Waals surface area contributed by atoms with Crippen LogP contribution in [0.2, 0.25) is 0 Å². The van der Waals surface area contributed by atoms with Gasteiger partial charge in [0.05, 0.1) is 22.2 Å². The molecule has 3 heterocycles. The maximum Gasteiger partial charge on any atom is 0.235 e. The number of furan rings is 1. The van der Waals surface area contributed by atoms with Gasteiger partial charge < -0.3 is 4.42 Å². The van der Waals surface area contributed by atoms with Crippen LogP contribution in [0.25, 0.3) is 93.4 Å². The number of benzene rings is 7. The number of para-hydroxylation sites is 2. The van der Waals surface area contributed by atoms with Gasteiger partial charge in [-0.05, 0) is 47.2 Å². The van der Waals surface area contributed by atoms with Crippen LogP contribution in [-0.4, -0.2) is 14.5 Å². The Morgan fingerprint density at radius 2 is 1.18 bits per heavy atom. The van der Waals surface area contributed by atoms with Crippen molar-refractivity contribution in [2.75, 3.05) is 0 Å². The first kappa shape index (κ1) is 23.6. The fourth-order valence-corrected chi connectivity index (χ4v) is 6.95. The fourth-order valence-electron chi connectivity index (χ4n) is 6.95. The van der Waals surface area contributed by atoms with Gasteiger partial charge in [-0.2, -0.15) is 0 Å². The van der Waals surface area contributed by atoms with Crippen molar-refractivity contribution in [1.82, 2.24) is 14.5 Å². The summed E-state index contributed by atoms with van der Waals surface area (Å²) in [6, 6.07) is 48.9. The van der Waals surface area contributed by atoms with Crippen molar-refractivity contribution in [3.63, 3.8) is 0 Å². The molecule has 0 radical (unpaired) electrons. The topological polar surface area (TPSA) is 43.9 Å². The second-order valence-electron chi connectivity index (χ2n) is 11.4. The van der Waals surface area contributed by atoms with Crippen LogP contribution < -0.4 is 0 Å². The van der Waals surface area contributed by atoms with E-state index in [0.717, 1.165) is 87.4 Å². The first-order valence-corrected chi connectivity index (χ1v) is 14.8. The minimum Gasteiger partial charge on any atom is -0.455 e. The molecule has 0 amide bonds. The Balaban J connectivity index is 1.37. The van der Waals surface area contributed by atoms with Gasteiger partial charge in [0.15, 0.2) is 0 Å². The number of hydrogen-bond acceptors (Lipinski definition) is 3. The molecule has 4 heteroatoms. The standard InChI is InChI=1S/C40H23N3O/c1-2-11-25(12-3-1)37-31-21-18-24-10-4-5-13-27(24)38(31)42-40(41-37)43-34-16-8-6-14-28(34)33-22-26-19-20-30-29-15-7-9-17-36(29)44-39(30)32(26)23-35(33)43/h1-23H. The van der Waals surface area contributed by atoms with E-state index >= 15 is 0 Å². The van der Waals surface area contributed by atoms with Gasteiger partial charge in [-0.25, -0.2) is 9.97 Å².